The first-order valence-corrected chi connectivity index (χ1v) is 8.44. The molecule has 0 aliphatic heterocycles. The molecule has 0 atom stereocenters. The minimum atomic E-state index is -1.01. The van der Waals surface area contributed by atoms with Crippen LogP contribution in [0, 0.1) is 11.6 Å². The Kier molecular flexibility index (Phi) is 6.10. The topological polar surface area (TPSA) is 94.0 Å². The SMILES string of the molecule is COc1ccc(CCNC(=O)NCc2nnnn2-c2ccc(F)c(F)c2)cc1. The Balaban J connectivity index is 1.49. The lowest BCUT2D eigenvalue weighted by atomic mass is 10.1. The Labute approximate surface area is 159 Å². The summed E-state index contributed by atoms with van der Waals surface area (Å²) in [6, 6.07) is 10.5. The van der Waals surface area contributed by atoms with Crippen molar-refractivity contribution in [2.75, 3.05) is 13.7 Å². The highest BCUT2D eigenvalue weighted by Gasteiger charge is 2.12. The maximum Gasteiger partial charge on any atom is 0.315 e. The van der Waals surface area contributed by atoms with Crippen molar-refractivity contribution < 1.29 is 18.3 Å². The first-order chi connectivity index (χ1) is 13.6. The summed E-state index contributed by atoms with van der Waals surface area (Å²) in [7, 11) is 1.60. The average molecular weight is 388 g/mol. The fourth-order valence-electron chi connectivity index (χ4n) is 2.47. The number of amides is 2. The molecule has 28 heavy (non-hydrogen) atoms. The van der Waals surface area contributed by atoms with Gasteiger partial charge in [0, 0.05) is 12.6 Å². The molecule has 0 spiro atoms. The second kappa shape index (κ2) is 8.89. The van der Waals surface area contributed by atoms with Crippen LogP contribution in [-0.2, 0) is 13.0 Å². The number of aromatic nitrogens is 4. The van der Waals surface area contributed by atoms with Crippen molar-refractivity contribution in [3.05, 3.63) is 65.5 Å². The quantitative estimate of drug-likeness (QED) is 0.646. The van der Waals surface area contributed by atoms with Crippen molar-refractivity contribution >= 4 is 6.03 Å². The minimum Gasteiger partial charge on any atom is -0.497 e. The van der Waals surface area contributed by atoms with Crippen LogP contribution in [0.3, 0.4) is 0 Å². The molecule has 0 aliphatic carbocycles. The second-order valence-corrected chi connectivity index (χ2v) is 5.81. The summed E-state index contributed by atoms with van der Waals surface area (Å²) in [5, 5.41) is 16.4. The average Bonchev–Trinajstić information content (AvgIpc) is 3.17. The van der Waals surface area contributed by atoms with E-state index < -0.39 is 17.7 Å². The van der Waals surface area contributed by atoms with Gasteiger partial charge in [-0.15, -0.1) is 5.10 Å². The third-order valence-electron chi connectivity index (χ3n) is 3.95. The summed E-state index contributed by atoms with van der Waals surface area (Å²) < 4.78 is 32.8. The predicted molar refractivity (Wildman–Crippen MR) is 96.0 cm³/mol. The van der Waals surface area contributed by atoms with E-state index in [4.69, 9.17) is 4.74 Å². The molecule has 0 saturated carbocycles. The van der Waals surface area contributed by atoms with Gasteiger partial charge >= 0.3 is 6.03 Å². The molecule has 2 amide bonds. The first-order valence-electron chi connectivity index (χ1n) is 8.44. The fraction of sp³-hybridized carbons (Fsp3) is 0.222. The third-order valence-corrected chi connectivity index (χ3v) is 3.95. The van der Waals surface area contributed by atoms with Crippen LogP contribution in [0.4, 0.5) is 13.6 Å². The number of urea groups is 1. The van der Waals surface area contributed by atoms with E-state index in [1.165, 1.54) is 10.7 Å². The Hall–Kier alpha value is -3.56. The molecule has 0 unspecified atom stereocenters. The number of rotatable bonds is 7. The molecule has 2 N–H and O–H groups in total. The van der Waals surface area contributed by atoms with Gasteiger partial charge in [-0.05, 0) is 46.7 Å². The molecule has 0 fully saturated rings. The summed E-state index contributed by atoms with van der Waals surface area (Å²) in [6.07, 6.45) is 0.657. The van der Waals surface area contributed by atoms with E-state index in [0.29, 0.717) is 13.0 Å². The van der Waals surface area contributed by atoms with E-state index in [9.17, 15) is 13.6 Å². The molecular weight excluding hydrogens is 370 g/mol. The maximum atomic E-state index is 13.4. The Morgan fingerprint density at radius 2 is 1.89 bits per heavy atom. The number of carbonyl (C=O) groups excluding carboxylic acids is 1. The van der Waals surface area contributed by atoms with Crippen molar-refractivity contribution in [1.29, 1.82) is 0 Å². The van der Waals surface area contributed by atoms with Crippen molar-refractivity contribution in [2.24, 2.45) is 0 Å². The van der Waals surface area contributed by atoms with Crippen LogP contribution in [0.1, 0.15) is 11.4 Å². The zero-order valence-corrected chi connectivity index (χ0v) is 15.0. The van der Waals surface area contributed by atoms with Crippen molar-refractivity contribution in [3.8, 4) is 11.4 Å². The molecular formula is C18H18F2N6O2. The summed E-state index contributed by atoms with van der Waals surface area (Å²) in [5.41, 5.74) is 1.31. The van der Waals surface area contributed by atoms with Gasteiger partial charge in [-0.3, -0.25) is 0 Å². The largest absolute Gasteiger partial charge is 0.497 e. The molecule has 1 aromatic heterocycles. The zero-order chi connectivity index (χ0) is 19.9. The van der Waals surface area contributed by atoms with Gasteiger partial charge < -0.3 is 15.4 Å². The van der Waals surface area contributed by atoms with E-state index in [1.54, 1.807) is 7.11 Å². The minimum absolute atomic E-state index is 0.0143. The molecule has 10 heteroatoms. The standard InChI is InChI=1S/C18H18F2N6O2/c1-28-14-5-2-12(3-6-14)8-9-21-18(27)22-11-17-23-24-25-26(17)13-4-7-15(19)16(20)10-13/h2-7,10H,8-9,11H2,1H3,(H2,21,22,27). The van der Waals surface area contributed by atoms with Crippen molar-refractivity contribution in [1.82, 2.24) is 30.8 Å². The number of nitrogens with one attached hydrogen (secondary N) is 2. The summed E-state index contributed by atoms with van der Waals surface area (Å²) in [6.45, 7) is 0.451. The van der Waals surface area contributed by atoms with E-state index in [2.05, 4.69) is 26.2 Å². The molecule has 3 aromatic rings. The van der Waals surface area contributed by atoms with E-state index in [0.717, 1.165) is 23.4 Å². The summed E-state index contributed by atoms with van der Waals surface area (Å²) in [4.78, 5) is 11.9. The molecule has 146 valence electrons. The van der Waals surface area contributed by atoms with Crippen LogP contribution in [0.15, 0.2) is 42.5 Å². The molecule has 0 aliphatic rings. The van der Waals surface area contributed by atoms with E-state index in [-0.39, 0.29) is 18.1 Å². The monoisotopic (exact) mass is 388 g/mol. The normalized spacial score (nSPS) is 10.5. The van der Waals surface area contributed by atoms with Gasteiger partial charge in [-0.25, -0.2) is 13.6 Å². The molecule has 0 bridgehead atoms. The molecule has 0 saturated heterocycles. The van der Waals surface area contributed by atoms with E-state index in [1.807, 2.05) is 24.3 Å². The first kappa shape index (κ1) is 19.2. The lowest BCUT2D eigenvalue weighted by molar-refractivity contribution is 0.240. The van der Waals surface area contributed by atoms with E-state index >= 15 is 0 Å². The van der Waals surface area contributed by atoms with Crippen molar-refractivity contribution in [2.45, 2.75) is 13.0 Å². The third kappa shape index (κ3) is 4.78. The highest BCUT2D eigenvalue weighted by atomic mass is 19.2. The van der Waals surface area contributed by atoms with Crippen LogP contribution in [0.5, 0.6) is 5.75 Å². The van der Waals surface area contributed by atoms with Crippen LogP contribution >= 0.6 is 0 Å². The van der Waals surface area contributed by atoms with Crippen LogP contribution in [0.25, 0.3) is 5.69 Å². The number of carbonyl (C=O) groups is 1. The van der Waals surface area contributed by atoms with Gasteiger partial charge in [0.05, 0.1) is 19.3 Å². The number of hydrogen-bond donors (Lipinski definition) is 2. The fourth-order valence-corrected chi connectivity index (χ4v) is 2.47. The van der Waals surface area contributed by atoms with Gasteiger partial charge in [-0.2, -0.15) is 4.68 Å². The van der Waals surface area contributed by atoms with Gasteiger partial charge in [0.2, 0.25) is 0 Å². The summed E-state index contributed by atoms with van der Waals surface area (Å²) >= 11 is 0. The Bertz CT molecular complexity index is 946. The van der Waals surface area contributed by atoms with Gasteiger partial charge in [0.1, 0.15) is 5.75 Å². The van der Waals surface area contributed by atoms with Crippen LogP contribution in [-0.4, -0.2) is 39.9 Å². The molecule has 8 nitrogen and oxygen atoms in total. The van der Waals surface area contributed by atoms with Crippen molar-refractivity contribution in [3.63, 3.8) is 0 Å². The van der Waals surface area contributed by atoms with Gasteiger partial charge in [0.15, 0.2) is 17.5 Å². The number of halogens is 2. The van der Waals surface area contributed by atoms with Crippen LogP contribution in [0.2, 0.25) is 0 Å². The number of nitrogens with zero attached hydrogens (tertiary/aromatic N) is 4. The second-order valence-electron chi connectivity index (χ2n) is 5.81. The smallest absolute Gasteiger partial charge is 0.315 e. The number of hydrogen-bond acceptors (Lipinski definition) is 5. The van der Waals surface area contributed by atoms with Crippen LogP contribution < -0.4 is 15.4 Å². The Morgan fingerprint density at radius 3 is 2.61 bits per heavy atom. The number of methoxy groups -OCH3 is 1. The Morgan fingerprint density at radius 1 is 1.11 bits per heavy atom. The zero-order valence-electron chi connectivity index (χ0n) is 15.0. The maximum absolute atomic E-state index is 13.4. The molecule has 2 aromatic carbocycles. The predicted octanol–water partition coefficient (Wildman–Crippen LogP) is 1.99. The van der Waals surface area contributed by atoms with Gasteiger partial charge in [0.25, 0.3) is 0 Å². The number of tetrazole rings is 1. The molecule has 0 radical (unpaired) electrons. The lowest BCUT2D eigenvalue weighted by Gasteiger charge is -2.09. The molecule has 3 rings (SSSR count). The summed E-state index contributed by atoms with van der Waals surface area (Å²) in [5.74, 6) is -0.930. The lowest BCUT2D eigenvalue weighted by Crippen LogP contribution is -2.36. The number of ether oxygens (including phenoxy) is 1. The number of benzene rings is 2. The highest BCUT2D eigenvalue weighted by molar-refractivity contribution is 5.73. The van der Waals surface area contributed by atoms with Gasteiger partial charge in [-0.1, -0.05) is 12.1 Å². The highest BCUT2D eigenvalue weighted by Crippen LogP contribution is 2.13. The molecule has 1 heterocycles.